The van der Waals surface area contributed by atoms with Gasteiger partial charge in [-0.15, -0.1) is 0 Å². The van der Waals surface area contributed by atoms with Crippen molar-refractivity contribution in [2.75, 3.05) is 14.1 Å². The minimum Gasteiger partial charge on any atom is -0.457 e. The molecular formula is C19H22ClNO5S. The highest BCUT2D eigenvalue weighted by Gasteiger charge is 2.44. The number of halogens is 1. The summed E-state index contributed by atoms with van der Waals surface area (Å²) in [7, 11) is -0.807. The number of rotatable bonds is 6. The summed E-state index contributed by atoms with van der Waals surface area (Å²) in [6, 6.07) is 10.1. The Kier molecular flexibility index (Phi) is 5.65. The van der Waals surface area contributed by atoms with Crippen molar-refractivity contribution in [3.05, 3.63) is 52.7 Å². The summed E-state index contributed by atoms with van der Waals surface area (Å²) in [4.78, 5) is 12.9. The molecule has 1 aliphatic rings. The van der Waals surface area contributed by atoms with E-state index in [1.165, 1.54) is 26.2 Å². The van der Waals surface area contributed by atoms with E-state index in [4.69, 9.17) is 20.8 Å². The van der Waals surface area contributed by atoms with Gasteiger partial charge in [-0.25, -0.2) is 12.7 Å². The van der Waals surface area contributed by atoms with Crippen LogP contribution in [-0.2, 0) is 31.6 Å². The number of carbonyl (C=O) groups excluding carboxylic acids is 1. The van der Waals surface area contributed by atoms with Crippen molar-refractivity contribution in [1.29, 1.82) is 0 Å². The first kappa shape index (κ1) is 19.9. The lowest BCUT2D eigenvalue weighted by Crippen LogP contribution is -2.34. The summed E-state index contributed by atoms with van der Waals surface area (Å²) >= 11 is 5.96. The molecule has 0 spiro atoms. The molecule has 0 unspecified atom stereocenters. The van der Waals surface area contributed by atoms with Crippen LogP contribution < -0.4 is 0 Å². The predicted molar refractivity (Wildman–Crippen MR) is 101 cm³/mol. The van der Waals surface area contributed by atoms with Gasteiger partial charge in [-0.05, 0) is 42.7 Å². The average Bonchev–Trinajstić information content (AvgIpc) is 3.31. The second-order valence-electron chi connectivity index (χ2n) is 6.88. The number of hydrogen-bond donors (Lipinski definition) is 0. The van der Waals surface area contributed by atoms with Gasteiger partial charge in [0, 0.05) is 19.1 Å². The van der Waals surface area contributed by atoms with E-state index in [1.807, 2.05) is 12.1 Å². The summed E-state index contributed by atoms with van der Waals surface area (Å²) in [6.07, 6.45) is 3.32. The van der Waals surface area contributed by atoms with Crippen LogP contribution in [0.5, 0.6) is 0 Å². The van der Waals surface area contributed by atoms with E-state index >= 15 is 0 Å². The maximum absolute atomic E-state index is 12.9. The molecule has 1 fully saturated rings. The number of benzene rings is 1. The van der Waals surface area contributed by atoms with Gasteiger partial charge in [0.25, 0.3) is 10.0 Å². The van der Waals surface area contributed by atoms with Crippen molar-refractivity contribution < 1.29 is 22.4 Å². The largest absolute Gasteiger partial charge is 0.457 e. The van der Waals surface area contributed by atoms with Gasteiger partial charge >= 0.3 is 5.97 Å². The molecular weight excluding hydrogens is 390 g/mol. The average molecular weight is 412 g/mol. The summed E-state index contributed by atoms with van der Waals surface area (Å²) in [5.41, 5.74) is 0.208. The number of sulfonamides is 1. The van der Waals surface area contributed by atoms with E-state index in [0.29, 0.717) is 17.9 Å². The van der Waals surface area contributed by atoms with Crippen LogP contribution in [0.15, 0.2) is 45.9 Å². The molecule has 0 bridgehead atoms. The summed E-state index contributed by atoms with van der Waals surface area (Å²) in [6.45, 7) is -0.114. The zero-order valence-electron chi connectivity index (χ0n) is 15.3. The maximum Gasteiger partial charge on any atom is 0.317 e. The Morgan fingerprint density at radius 1 is 1.15 bits per heavy atom. The third-order valence-electron chi connectivity index (χ3n) is 4.96. The zero-order chi connectivity index (χ0) is 19.7. The highest BCUT2D eigenvalue weighted by molar-refractivity contribution is 7.88. The molecule has 1 heterocycles. The van der Waals surface area contributed by atoms with Crippen LogP contribution >= 0.6 is 11.6 Å². The SMILES string of the molecule is CN(C)S(=O)(=O)c1ccc(COC(=O)C2(c3ccc(Cl)cc3)CCCC2)o1. The Morgan fingerprint density at radius 3 is 2.37 bits per heavy atom. The van der Waals surface area contributed by atoms with E-state index in [9.17, 15) is 13.2 Å². The molecule has 3 rings (SSSR count). The summed E-state index contributed by atoms with van der Waals surface area (Å²) in [5.74, 6) is -0.0382. The second kappa shape index (κ2) is 7.66. The molecule has 1 aliphatic carbocycles. The van der Waals surface area contributed by atoms with Gasteiger partial charge in [-0.3, -0.25) is 4.79 Å². The minimum atomic E-state index is -3.66. The van der Waals surface area contributed by atoms with Crippen LogP contribution in [0.4, 0.5) is 0 Å². The lowest BCUT2D eigenvalue weighted by atomic mass is 9.79. The van der Waals surface area contributed by atoms with Crippen molar-refractivity contribution in [3.63, 3.8) is 0 Å². The number of nitrogens with zero attached hydrogens (tertiary/aromatic N) is 1. The molecule has 146 valence electrons. The van der Waals surface area contributed by atoms with Gasteiger partial charge in [0.1, 0.15) is 12.4 Å². The molecule has 1 saturated carbocycles. The zero-order valence-corrected chi connectivity index (χ0v) is 16.8. The quantitative estimate of drug-likeness (QED) is 0.677. The van der Waals surface area contributed by atoms with Crippen LogP contribution in [-0.4, -0.2) is 32.8 Å². The maximum atomic E-state index is 12.9. The fourth-order valence-corrected chi connectivity index (χ4v) is 4.33. The fourth-order valence-electron chi connectivity index (χ4n) is 3.39. The third kappa shape index (κ3) is 3.90. The van der Waals surface area contributed by atoms with Gasteiger partial charge in [0.05, 0.1) is 5.41 Å². The molecule has 27 heavy (non-hydrogen) atoms. The van der Waals surface area contributed by atoms with Crippen LogP contribution in [0, 0.1) is 0 Å². The van der Waals surface area contributed by atoms with Crippen LogP contribution in [0.25, 0.3) is 0 Å². The van der Waals surface area contributed by atoms with Crippen LogP contribution in [0.3, 0.4) is 0 Å². The molecule has 8 heteroatoms. The molecule has 0 amide bonds. The van der Waals surface area contributed by atoms with Gasteiger partial charge in [-0.1, -0.05) is 36.6 Å². The smallest absolute Gasteiger partial charge is 0.317 e. The molecule has 2 aromatic rings. The van der Waals surface area contributed by atoms with Crippen LogP contribution in [0.1, 0.15) is 37.0 Å². The number of hydrogen-bond acceptors (Lipinski definition) is 5. The first-order valence-electron chi connectivity index (χ1n) is 8.70. The first-order valence-corrected chi connectivity index (χ1v) is 10.5. The van der Waals surface area contributed by atoms with E-state index in [-0.39, 0.29) is 23.4 Å². The van der Waals surface area contributed by atoms with E-state index in [1.54, 1.807) is 12.1 Å². The molecule has 0 aliphatic heterocycles. The minimum absolute atomic E-state index is 0.114. The number of furan rings is 1. The Balaban J connectivity index is 1.74. The van der Waals surface area contributed by atoms with Gasteiger partial charge in [0.2, 0.25) is 5.09 Å². The van der Waals surface area contributed by atoms with Crippen molar-refractivity contribution in [2.24, 2.45) is 0 Å². The Morgan fingerprint density at radius 2 is 1.78 bits per heavy atom. The molecule has 6 nitrogen and oxygen atoms in total. The standard InChI is InChI=1S/C19H22ClNO5S/c1-21(2)27(23,24)17-10-9-16(26-17)13-25-18(22)19(11-3-4-12-19)14-5-7-15(20)8-6-14/h5-10H,3-4,11-13H2,1-2H3. The first-order chi connectivity index (χ1) is 12.8. The van der Waals surface area contributed by atoms with Gasteiger partial charge < -0.3 is 9.15 Å². The number of esters is 1. The Bertz CT molecular complexity index is 912. The number of carbonyl (C=O) groups is 1. The Hall–Kier alpha value is -1.83. The van der Waals surface area contributed by atoms with E-state index in [0.717, 1.165) is 22.7 Å². The fraction of sp³-hybridized carbons (Fsp3) is 0.421. The Labute approximate surface area is 164 Å². The lowest BCUT2D eigenvalue weighted by Gasteiger charge is -2.27. The van der Waals surface area contributed by atoms with Crippen molar-refractivity contribution in [1.82, 2.24) is 4.31 Å². The predicted octanol–water partition coefficient (Wildman–Crippen LogP) is 3.74. The molecule has 0 radical (unpaired) electrons. The highest BCUT2D eigenvalue weighted by Crippen LogP contribution is 2.42. The highest BCUT2D eigenvalue weighted by atomic mass is 35.5. The van der Waals surface area contributed by atoms with Crippen molar-refractivity contribution in [2.45, 2.75) is 42.8 Å². The number of ether oxygens (including phenoxy) is 1. The topological polar surface area (TPSA) is 76.8 Å². The van der Waals surface area contributed by atoms with E-state index in [2.05, 4.69) is 0 Å². The molecule has 0 saturated heterocycles. The molecule has 1 aromatic carbocycles. The monoisotopic (exact) mass is 411 g/mol. The molecule has 0 N–H and O–H groups in total. The molecule has 1 aromatic heterocycles. The van der Waals surface area contributed by atoms with E-state index < -0.39 is 15.4 Å². The second-order valence-corrected chi connectivity index (χ2v) is 9.40. The summed E-state index contributed by atoms with van der Waals surface area (Å²) in [5, 5.41) is 0.442. The van der Waals surface area contributed by atoms with Crippen molar-refractivity contribution >= 4 is 27.6 Å². The summed E-state index contributed by atoms with van der Waals surface area (Å²) < 4.78 is 36.1. The molecule has 0 atom stereocenters. The van der Waals surface area contributed by atoms with Crippen LogP contribution in [0.2, 0.25) is 5.02 Å². The lowest BCUT2D eigenvalue weighted by molar-refractivity contribution is -0.152. The van der Waals surface area contributed by atoms with Crippen molar-refractivity contribution in [3.8, 4) is 0 Å². The normalized spacial score (nSPS) is 16.6. The van der Waals surface area contributed by atoms with Gasteiger partial charge in [0.15, 0.2) is 0 Å². The van der Waals surface area contributed by atoms with Gasteiger partial charge in [-0.2, -0.15) is 0 Å². The third-order valence-corrected chi connectivity index (χ3v) is 6.90.